The molecule has 7 nitrogen and oxygen atoms in total. The predicted molar refractivity (Wildman–Crippen MR) is 132 cm³/mol. The molecule has 0 aliphatic carbocycles. The molecule has 0 saturated carbocycles. The Morgan fingerprint density at radius 2 is 1.94 bits per heavy atom. The van der Waals surface area contributed by atoms with Crippen LogP contribution in [0.5, 0.6) is 17.2 Å². The number of amides is 1. The van der Waals surface area contributed by atoms with Crippen molar-refractivity contribution in [2.45, 2.75) is 5.16 Å². The van der Waals surface area contributed by atoms with E-state index in [1.54, 1.807) is 25.3 Å². The summed E-state index contributed by atoms with van der Waals surface area (Å²) in [6.07, 6.45) is 1.95. The van der Waals surface area contributed by atoms with Crippen LogP contribution in [0.2, 0.25) is 5.02 Å². The SMILES string of the molecule is COc1ccc(Cl)cc1NC(=O)CSc1nc(-c2ccc3c(c2)OCO3)cn1-c1ccccc1. The minimum absolute atomic E-state index is 0.153. The number of carbonyl (C=O) groups is 1. The van der Waals surface area contributed by atoms with E-state index in [1.807, 2.05) is 59.3 Å². The van der Waals surface area contributed by atoms with E-state index in [0.717, 1.165) is 16.9 Å². The molecule has 0 atom stereocenters. The van der Waals surface area contributed by atoms with Crippen molar-refractivity contribution in [2.24, 2.45) is 0 Å². The van der Waals surface area contributed by atoms with Crippen molar-refractivity contribution in [2.75, 3.05) is 25.0 Å². The Hall–Kier alpha value is -3.62. The third-order valence-electron chi connectivity index (χ3n) is 5.14. The van der Waals surface area contributed by atoms with E-state index in [-0.39, 0.29) is 18.5 Å². The van der Waals surface area contributed by atoms with Gasteiger partial charge in [-0.15, -0.1) is 0 Å². The summed E-state index contributed by atoms with van der Waals surface area (Å²) >= 11 is 7.41. The molecule has 5 rings (SSSR count). The molecule has 34 heavy (non-hydrogen) atoms. The summed E-state index contributed by atoms with van der Waals surface area (Å²) in [6, 6.07) is 20.7. The number of fused-ring (bicyclic) bond motifs is 1. The lowest BCUT2D eigenvalue weighted by Gasteiger charge is -2.11. The summed E-state index contributed by atoms with van der Waals surface area (Å²) in [5.41, 5.74) is 3.13. The quantitative estimate of drug-likeness (QED) is 0.335. The van der Waals surface area contributed by atoms with Crippen molar-refractivity contribution in [3.63, 3.8) is 0 Å². The number of benzene rings is 3. The second-order valence-electron chi connectivity index (χ2n) is 7.36. The Labute approximate surface area is 205 Å². The number of nitrogens with zero attached hydrogens (tertiary/aromatic N) is 2. The van der Waals surface area contributed by atoms with E-state index in [2.05, 4.69) is 5.32 Å². The van der Waals surface area contributed by atoms with Gasteiger partial charge in [-0.3, -0.25) is 9.36 Å². The summed E-state index contributed by atoms with van der Waals surface area (Å²) in [7, 11) is 1.54. The molecule has 0 saturated heterocycles. The van der Waals surface area contributed by atoms with Gasteiger partial charge in [0.25, 0.3) is 0 Å². The third kappa shape index (κ3) is 4.69. The number of thioether (sulfide) groups is 1. The standard InChI is InChI=1S/C25H20ClN3O4S/c1-31-21-10-8-17(26)12-19(21)27-24(30)14-34-25-28-20(13-29(25)18-5-3-2-4-6-18)16-7-9-22-23(11-16)33-15-32-22/h2-13H,14-15H2,1H3,(H,27,30). The first-order valence-corrected chi connectivity index (χ1v) is 11.8. The summed E-state index contributed by atoms with van der Waals surface area (Å²) in [6.45, 7) is 0.213. The first kappa shape index (κ1) is 22.2. The number of aromatic nitrogens is 2. The molecular formula is C25H20ClN3O4S. The summed E-state index contributed by atoms with van der Waals surface area (Å²) in [4.78, 5) is 17.5. The number of ether oxygens (including phenoxy) is 3. The number of carbonyl (C=O) groups excluding carboxylic acids is 1. The number of imidazole rings is 1. The molecule has 1 aliphatic rings. The number of anilines is 1. The Kier molecular flexibility index (Phi) is 6.33. The molecule has 9 heteroatoms. The lowest BCUT2D eigenvalue weighted by molar-refractivity contribution is -0.113. The molecular weight excluding hydrogens is 474 g/mol. The molecule has 0 bridgehead atoms. The van der Waals surface area contributed by atoms with Crippen molar-refractivity contribution in [3.05, 3.63) is 77.9 Å². The van der Waals surface area contributed by atoms with Gasteiger partial charge in [0, 0.05) is 22.5 Å². The highest BCUT2D eigenvalue weighted by Crippen LogP contribution is 2.37. The van der Waals surface area contributed by atoms with Crippen molar-refractivity contribution in [1.29, 1.82) is 0 Å². The molecule has 0 fully saturated rings. The second-order valence-corrected chi connectivity index (χ2v) is 8.74. The fourth-order valence-electron chi connectivity index (χ4n) is 3.53. The lowest BCUT2D eigenvalue weighted by atomic mass is 10.1. The first-order chi connectivity index (χ1) is 16.6. The zero-order chi connectivity index (χ0) is 23.5. The minimum Gasteiger partial charge on any atom is -0.495 e. The average Bonchev–Trinajstić information content (AvgIpc) is 3.50. The highest BCUT2D eigenvalue weighted by Gasteiger charge is 2.18. The summed E-state index contributed by atoms with van der Waals surface area (Å²) in [5.74, 6) is 1.90. The number of methoxy groups -OCH3 is 1. The van der Waals surface area contributed by atoms with E-state index in [9.17, 15) is 4.79 Å². The monoisotopic (exact) mass is 493 g/mol. The van der Waals surface area contributed by atoms with Crippen LogP contribution in [0.15, 0.2) is 78.1 Å². The van der Waals surface area contributed by atoms with Crippen molar-refractivity contribution in [3.8, 4) is 34.2 Å². The van der Waals surface area contributed by atoms with Crippen LogP contribution in [0.25, 0.3) is 16.9 Å². The van der Waals surface area contributed by atoms with Crippen LogP contribution in [0.4, 0.5) is 5.69 Å². The lowest BCUT2D eigenvalue weighted by Crippen LogP contribution is -2.15. The maximum atomic E-state index is 12.7. The number of hydrogen-bond donors (Lipinski definition) is 1. The van der Waals surface area contributed by atoms with Gasteiger partial charge in [0.2, 0.25) is 12.7 Å². The maximum Gasteiger partial charge on any atom is 0.234 e. The molecule has 1 aromatic heterocycles. The van der Waals surface area contributed by atoms with Crippen LogP contribution in [0.1, 0.15) is 0 Å². The third-order valence-corrected chi connectivity index (χ3v) is 6.33. The van der Waals surface area contributed by atoms with Gasteiger partial charge in [-0.05, 0) is 48.5 Å². The van der Waals surface area contributed by atoms with Gasteiger partial charge in [0.1, 0.15) is 5.75 Å². The van der Waals surface area contributed by atoms with E-state index in [4.69, 9.17) is 30.8 Å². The highest BCUT2D eigenvalue weighted by atomic mass is 35.5. The van der Waals surface area contributed by atoms with Gasteiger partial charge < -0.3 is 19.5 Å². The van der Waals surface area contributed by atoms with Gasteiger partial charge in [-0.1, -0.05) is 41.6 Å². The normalized spacial score (nSPS) is 11.9. The van der Waals surface area contributed by atoms with Crippen LogP contribution in [-0.2, 0) is 4.79 Å². The molecule has 0 spiro atoms. The fourth-order valence-corrected chi connectivity index (χ4v) is 4.49. The number of nitrogens with one attached hydrogen (secondary N) is 1. The Morgan fingerprint density at radius 1 is 1.12 bits per heavy atom. The van der Waals surface area contributed by atoms with Crippen LogP contribution in [0.3, 0.4) is 0 Å². The van der Waals surface area contributed by atoms with E-state index in [1.165, 1.54) is 11.8 Å². The van der Waals surface area contributed by atoms with E-state index < -0.39 is 0 Å². The highest BCUT2D eigenvalue weighted by molar-refractivity contribution is 7.99. The van der Waals surface area contributed by atoms with Gasteiger partial charge in [0.15, 0.2) is 16.7 Å². The molecule has 2 heterocycles. The molecule has 172 valence electrons. The number of hydrogen-bond acceptors (Lipinski definition) is 6. The van der Waals surface area contributed by atoms with Gasteiger partial charge >= 0.3 is 0 Å². The van der Waals surface area contributed by atoms with Gasteiger partial charge in [-0.25, -0.2) is 4.98 Å². The topological polar surface area (TPSA) is 74.6 Å². The fraction of sp³-hybridized carbons (Fsp3) is 0.120. The van der Waals surface area contributed by atoms with E-state index in [0.29, 0.717) is 33.1 Å². The van der Waals surface area contributed by atoms with Crippen LogP contribution in [0, 0.1) is 0 Å². The Bertz CT molecular complexity index is 1340. The average molecular weight is 494 g/mol. The smallest absolute Gasteiger partial charge is 0.234 e. The zero-order valence-electron chi connectivity index (χ0n) is 18.2. The zero-order valence-corrected chi connectivity index (χ0v) is 19.7. The van der Waals surface area contributed by atoms with Crippen LogP contribution >= 0.6 is 23.4 Å². The summed E-state index contributed by atoms with van der Waals surface area (Å²) < 4.78 is 18.2. The number of rotatable bonds is 7. The second kappa shape index (κ2) is 9.70. The van der Waals surface area contributed by atoms with Crippen LogP contribution in [-0.4, -0.2) is 35.1 Å². The van der Waals surface area contributed by atoms with Crippen LogP contribution < -0.4 is 19.5 Å². The van der Waals surface area contributed by atoms with E-state index >= 15 is 0 Å². The first-order valence-electron chi connectivity index (χ1n) is 10.4. The van der Waals surface area contributed by atoms with Gasteiger partial charge in [-0.2, -0.15) is 0 Å². The number of halogens is 1. The largest absolute Gasteiger partial charge is 0.495 e. The molecule has 4 aromatic rings. The molecule has 1 amide bonds. The predicted octanol–water partition coefficient (Wildman–Crippen LogP) is 5.66. The summed E-state index contributed by atoms with van der Waals surface area (Å²) in [5, 5.41) is 4.06. The van der Waals surface area contributed by atoms with Crippen molar-refractivity contribution < 1.29 is 19.0 Å². The number of para-hydroxylation sites is 1. The molecule has 3 aromatic carbocycles. The Balaban J connectivity index is 1.39. The molecule has 1 aliphatic heterocycles. The molecule has 0 radical (unpaired) electrons. The Morgan fingerprint density at radius 3 is 2.76 bits per heavy atom. The minimum atomic E-state index is -0.196. The van der Waals surface area contributed by atoms with Crippen molar-refractivity contribution in [1.82, 2.24) is 9.55 Å². The maximum absolute atomic E-state index is 12.7. The molecule has 0 unspecified atom stereocenters. The van der Waals surface area contributed by atoms with Gasteiger partial charge in [0.05, 0.1) is 24.2 Å². The van der Waals surface area contributed by atoms with Crippen molar-refractivity contribution >= 4 is 35.0 Å². The molecule has 1 N–H and O–H groups in total.